The van der Waals surface area contributed by atoms with E-state index in [0.717, 1.165) is 0 Å². The summed E-state index contributed by atoms with van der Waals surface area (Å²) in [5, 5.41) is 1.34. The predicted octanol–water partition coefficient (Wildman–Crippen LogP) is 4.67. The molecule has 74 valence electrons. The van der Waals surface area contributed by atoms with E-state index in [-0.39, 0.29) is 0 Å². The lowest BCUT2D eigenvalue weighted by molar-refractivity contribution is 1.31. The molecule has 0 unspecified atom stereocenters. The van der Waals surface area contributed by atoms with Gasteiger partial charge >= 0.3 is 0 Å². The van der Waals surface area contributed by atoms with E-state index in [4.69, 9.17) is 11.6 Å². The quantitative estimate of drug-likeness (QED) is 0.545. The molecule has 0 radical (unpaired) electrons. The molecule has 1 aromatic heterocycles. The summed E-state index contributed by atoms with van der Waals surface area (Å²) >= 11 is 9.55. The molecule has 0 fully saturated rings. The van der Waals surface area contributed by atoms with Crippen LogP contribution >= 0.6 is 34.7 Å². The number of alkyl halides is 1. The van der Waals surface area contributed by atoms with Crippen molar-refractivity contribution >= 4 is 44.8 Å². The maximum atomic E-state index is 5.91. The minimum absolute atomic E-state index is 0.600. The van der Waals surface area contributed by atoms with Gasteiger partial charge in [-0.15, -0.1) is 34.7 Å². The Morgan fingerprint density at radius 2 is 2.21 bits per heavy atom. The molecule has 2 aromatic rings. The van der Waals surface area contributed by atoms with E-state index in [0.29, 0.717) is 5.88 Å². The summed E-state index contributed by atoms with van der Waals surface area (Å²) in [6, 6.07) is 6.53. The summed E-state index contributed by atoms with van der Waals surface area (Å²) in [6.45, 7) is 2.15. The Balaban J connectivity index is 2.75. The number of benzene rings is 1. The van der Waals surface area contributed by atoms with Gasteiger partial charge < -0.3 is 0 Å². The van der Waals surface area contributed by atoms with Crippen LogP contribution in [0.5, 0.6) is 0 Å². The number of halogens is 1. The standard InChI is InChI=1S/C11H11ClS2/c1-7-5-8-3-4-9(6-12)10(13-2)11(8)14-7/h3-5H,6H2,1-2H3. The first-order valence-corrected chi connectivity index (χ1v) is 6.96. The lowest BCUT2D eigenvalue weighted by Crippen LogP contribution is -1.82. The Bertz CT molecular complexity index is 460. The van der Waals surface area contributed by atoms with Crippen LogP contribution in [0.15, 0.2) is 23.1 Å². The fourth-order valence-corrected chi connectivity index (χ4v) is 3.94. The molecule has 0 aliphatic rings. The highest BCUT2D eigenvalue weighted by Crippen LogP contribution is 2.36. The van der Waals surface area contributed by atoms with Crippen molar-refractivity contribution in [3.8, 4) is 0 Å². The van der Waals surface area contributed by atoms with Gasteiger partial charge in [0.05, 0.1) is 0 Å². The van der Waals surface area contributed by atoms with Crippen LogP contribution in [-0.4, -0.2) is 6.26 Å². The van der Waals surface area contributed by atoms with Crippen LogP contribution in [0.3, 0.4) is 0 Å². The summed E-state index contributed by atoms with van der Waals surface area (Å²) < 4.78 is 1.38. The third kappa shape index (κ3) is 1.67. The highest BCUT2D eigenvalue weighted by atomic mass is 35.5. The fourth-order valence-electron chi connectivity index (χ4n) is 1.58. The SMILES string of the molecule is CSc1c(CCl)ccc2cc(C)sc12. The summed E-state index contributed by atoms with van der Waals surface area (Å²) in [6.07, 6.45) is 2.11. The lowest BCUT2D eigenvalue weighted by Gasteiger charge is -2.04. The van der Waals surface area contributed by atoms with E-state index < -0.39 is 0 Å². The van der Waals surface area contributed by atoms with Gasteiger partial charge in [-0.3, -0.25) is 0 Å². The van der Waals surface area contributed by atoms with Crippen molar-refractivity contribution in [2.75, 3.05) is 6.26 Å². The second kappa shape index (κ2) is 4.13. The molecule has 0 saturated heterocycles. The molecule has 0 spiro atoms. The Morgan fingerprint density at radius 3 is 2.86 bits per heavy atom. The van der Waals surface area contributed by atoms with Gasteiger partial charge in [0.2, 0.25) is 0 Å². The monoisotopic (exact) mass is 242 g/mol. The van der Waals surface area contributed by atoms with Crippen molar-refractivity contribution in [1.82, 2.24) is 0 Å². The van der Waals surface area contributed by atoms with Gasteiger partial charge in [-0.2, -0.15) is 0 Å². The molecule has 0 nitrogen and oxygen atoms in total. The van der Waals surface area contributed by atoms with Crippen molar-refractivity contribution in [3.63, 3.8) is 0 Å². The molecule has 0 aliphatic carbocycles. The van der Waals surface area contributed by atoms with Gasteiger partial charge in [0.1, 0.15) is 0 Å². The first-order valence-electron chi connectivity index (χ1n) is 4.38. The third-order valence-electron chi connectivity index (χ3n) is 2.19. The third-order valence-corrected chi connectivity index (χ3v) is 4.57. The molecule has 0 aliphatic heterocycles. The second-order valence-electron chi connectivity index (χ2n) is 3.17. The zero-order valence-corrected chi connectivity index (χ0v) is 10.5. The Kier molecular flexibility index (Phi) is 3.05. The number of fused-ring (bicyclic) bond motifs is 1. The van der Waals surface area contributed by atoms with E-state index >= 15 is 0 Å². The van der Waals surface area contributed by atoms with E-state index in [1.54, 1.807) is 11.8 Å². The van der Waals surface area contributed by atoms with Crippen LogP contribution in [0.2, 0.25) is 0 Å². The molecule has 0 amide bonds. The highest BCUT2D eigenvalue weighted by molar-refractivity contribution is 7.99. The number of thiophene rings is 1. The molecule has 0 N–H and O–H groups in total. The smallest absolute Gasteiger partial charge is 0.0485 e. The zero-order chi connectivity index (χ0) is 10.1. The summed E-state index contributed by atoms with van der Waals surface area (Å²) in [5.41, 5.74) is 1.24. The van der Waals surface area contributed by atoms with Gasteiger partial charge in [0.15, 0.2) is 0 Å². The molecule has 1 aromatic carbocycles. The molecule has 14 heavy (non-hydrogen) atoms. The van der Waals surface area contributed by atoms with Crippen molar-refractivity contribution < 1.29 is 0 Å². The average molecular weight is 243 g/mol. The molecule has 0 atom stereocenters. The first-order chi connectivity index (χ1) is 6.76. The Morgan fingerprint density at radius 1 is 1.43 bits per heavy atom. The van der Waals surface area contributed by atoms with Gasteiger partial charge in [-0.05, 0) is 30.2 Å². The lowest BCUT2D eigenvalue weighted by atomic mass is 10.2. The minimum atomic E-state index is 0.600. The highest BCUT2D eigenvalue weighted by Gasteiger charge is 2.08. The summed E-state index contributed by atoms with van der Waals surface area (Å²) in [7, 11) is 0. The van der Waals surface area contributed by atoms with Gasteiger partial charge in [-0.25, -0.2) is 0 Å². The predicted molar refractivity (Wildman–Crippen MR) is 67.9 cm³/mol. The minimum Gasteiger partial charge on any atom is -0.139 e. The van der Waals surface area contributed by atoms with Gasteiger partial charge in [0.25, 0.3) is 0 Å². The van der Waals surface area contributed by atoms with Crippen LogP contribution < -0.4 is 0 Å². The fraction of sp³-hybridized carbons (Fsp3) is 0.273. The first kappa shape index (κ1) is 10.3. The topological polar surface area (TPSA) is 0 Å². The molecular formula is C11H11ClS2. The molecule has 3 heteroatoms. The van der Waals surface area contributed by atoms with Crippen LogP contribution in [0.1, 0.15) is 10.4 Å². The van der Waals surface area contributed by atoms with Crippen molar-refractivity contribution in [2.45, 2.75) is 17.7 Å². The number of hydrogen-bond acceptors (Lipinski definition) is 2. The second-order valence-corrected chi connectivity index (χ2v) is 5.51. The van der Waals surface area contributed by atoms with Crippen molar-refractivity contribution in [1.29, 1.82) is 0 Å². The molecule has 0 bridgehead atoms. The number of aryl methyl sites for hydroxylation is 1. The van der Waals surface area contributed by atoms with Crippen LogP contribution in [0, 0.1) is 6.92 Å². The van der Waals surface area contributed by atoms with E-state index in [2.05, 4.69) is 31.4 Å². The largest absolute Gasteiger partial charge is 0.139 e. The molecule has 1 heterocycles. The zero-order valence-electron chi connectivity index (χ0n) is 8.13. The van der Waals surface area contributed by atoms with Gasteiger partial charge in [0, 0.05) is 20.4 Å². The van der Waals surface area contributed by atoms with Crippen molar-refractivity contribution in [3.05, 3.63) is 28.6 Å². The van der Waals surface area contributed by atoms with Gasteiger partial charge in [-0.1, -0.05) is 12.1 Å². The molecule has 0 saturated carbocycles. The number of thioether (sulfide) groups is 1. The Hall–Kier alpha value is -0.180. The van der Waals surface area contributed by atoms with Crippen LogP contribution in [0.4, 0.5) is 0 Å². The molecular weight excluding hydrogens is 232 g/mol. The molecule has 2 rings (SSSR count). The van der Waals surface area contributed by atoms with Crippen LogP contribution in [-0.2, 0) is 5.88 Å². The van der Waals surface area contributed by atoms with E-state index in [1.807, 2.05) is 11.3 Å². The van der Waals surface area contributed by atoms with Crippen LogP contribution in [0.25, 0.3) is 10.1 Å². The maximum Gasteiger partial charge on any atom is 0.0485 e. The average Bonchev–Trinajstić information content (AvgIpc) is 2.56. The number of hydrogen-bond donors (Lipinski definition) is 0. The summed E-state index contributed by atoms with van der Waals surface area (Å²) in [5.74, 6) is 0.600. The van der Waals surface area contributed by atoms with E-state index in [1.165, 1.54) is 25.4 Å². The van der Waals surface area contributed by atoms with E-state index in [9.17, 15) is 0 Å². The van der Waals surface area contributed by atoms with Crippen molar-refractivity contribution in [2.24, 2.45) is 0 Å². The summed E-state index contributed by atoms with van der Waals surface area (Å²) in [4.78, 5) is 2.71. The normalized spacial score (nSPS) is 11.1. The maximum absolute atomic E-state index is 5.91. The Labute approximate surface area is 97.3 Å². The number of rotatable bonds is 2.